The number of carboxylic acid groups (broad SMARTS) is 1. The number of nitrogens with zero attached hydrogens (tertiary/aromatic N) is 10. The van der Waals surface area contributed by atoms with Crippen molar-refractivity contribution in [2.75, 3.05) is 117 Å². The number of benzene rings is 4. The summed E-state index contributed by atoms with van der Waals surface area (Å²) < 4.78 is 154. The number of thiazole rings is 3. The molecule has 27 nitrogen and oxygen atoms in total. The highest BCUT2D eigenvalue weighted by atomic mass is 79.9. The lowest BCUT2D eigenvalue weighted by Gasteiger charge is -2.56. The molecule has 7 aromatic heterocycles. The molecule has 19 rings (SSSR count). The number of pyridine rings is 4. The number of ether oxygens (including phenoxy) is 7. The highest BCUT2D eigenvalue weighted by Crippen LogP contribution is 2.53. The zero-order chi connectivity index (χ0) is 103. The van der Waals surface area contributed by atoms with E-state index in [2.05, 4.69) is 97.4 Å². The maximum Gasteiger partial charge on any atom is 0.312 e. The van der Waals surface area contributed by atoms with E-state index >= 15 is 8.78 Å². The topological polar surface area (TPSA) is 335 Å². The number of nitrogen functional groups attached to an aromatic ring is 1. The van der Waals surface area contributed by atoms with Gasteiger partial charge in [0.25, 0.3) is 0 Å². The first-order valence-electron chi connectivity index (χ1n) is 46.0. The van der Waals surface area contributed by atoms with Gasteiger partial charge in [-0.15, -0.1) is 34.0 Å². The summed E-state index contributed by atoms with van der Waals surface area (Å²) in [5, 5.41) is 37.0. The molecule has 144 heavy (non-hydrogen) atoms. The molecule has 8 unspecified atom stereocenters. The third kappa shape index (κ3) is 24.2. The van der Waals surface area contributed by atoms with Crippen molar-refractivity contribution >= 4 is 163 Å². The second kappa shape index (κ2) is 47.6. The van der Waals surface area contributed by atoms with E-state index in [0.29, 0.717) is 150 Å². The number of carbonyl (C=O) groups is 4. The number of aromatic nitrogens is 7. The Morgan fingerprint density at radius 2 is 0.764 bits per heavy atom. The van der Waals surface area contributed by atoms with Gasteiger partial charge in [0.05, 0.1) is 155 Å². The molecule has 0 amide bonds. The Morgan fingerprint density at radius 1 is 0.444 bits per heavy atom. The standard InChI is InChI=1S/C26H27ClF2N4O3S.C25H25ClF2N4O3S.C23H24BrClF2N2O3.C14H18BrFN2O2.C9H8ClFO2.C3H4N2S/c1-16-12-25(23(34)35-2,13-20-19(28)6-7-21(31-20)32-24-30-9-11-37-24)8-10-33(16)26(14-36-15-26)17-4-3-5-18(27)22(17)29;1-15-11-24(22(33)34,12-19-18(27)5-6-20(30-19)31-23-29-8-10-36-23)7-9-32(15)25(13-35-14-25)16-3-2-4-17(26)21(16)28;1-14-10-22(21(30)31-2,11-18-17(26)6-7-19(24)28-18)8-9-29(14)23(12-32-13-23)15-4-3-5-16(25)20(15)27;1-9-7-14(5-6-17-9,13(19)20-2)8-11-10(16)3-4-12(15)18-11;10-7-3-1-2-6(8(7)11)9(12)4-13-5-9;4-3-5-1-2-6-3/h3-7,9,11,16H,8,10,12-15H2,1-2H3,(H,30,31,32);2-6,8,10,15H,7,9,11-14H2,1H3,(H,33,34)(H,29,30,31);3-7,14H,8-13H2,1-2H3;3-4,9,17H,5-8H2,1-2H3;1-3,12H,4-5H2;1-2H,(H2,4,5). The molecular weight excluding hydrogens is 2150 g/mol. The molecule has 770 valence electrons. The minimum Gasteiger partial charge on any atom is -0.481 e. The molecule has 0 spiro atoms. The van der Waals surface area contributed by atoms with Crippen LogP contribution in [-0.2, 0) is 100 Å². The third-order valence-corrected chi connectivity index (χ3v) is 31.9. The fourth-order valence-electron chi connectivity index (χ4n) is 20.6. The molecule has 7 N–H and O–H groups in total. The molecule has 4 aromatic carbocycles. The van der Waals surface area contributed by atoms with Crippen molar-refractivity contribution in [3.63, 3.8) is 0 Å². The largest absolute Gasteiger partial charge is 0.481 e. The average Bonchev–Trinajstić information content (AvgIpc) is 0.774. The van der Waals surface area contributed by atoms with E-state index in [1.807, 2.05) is 38.5 Å². The van der Waals surface area contributed by atoms with Crippen molar-refractivity contribution in [2.45, 2.75) is 151 Å². The number of rotatable bonds is 23. The smallest absolute Gasteiger partial charge is 0.312 e. The Labute approximate surface area is 875 Å². The van der Waals surface area contributed by atoms with Crippen molar-refractivity contribution in [1.29, 1.82) is 0 Å². The summed E-state index contributed by atoms with van der Waals surface area (Å²) in [5.41, 5.74) is 0.518. The van der Waals surface area contributed by atoms with Crippen LogP contribution in [0.25, 0.3) is 0 Å². The van der Waals surface area contributed by atoms with Crippen LogP contribution in [0.15, 0.2) is 165 Å². The number of likely N-dealkylation sites (tertiary alicyclic amines) is 3. The molecule has 0 aliphatic carbocycles. The van der Waals surface area contributed by atoms with Crippen molar-refractivity contribution in [3.8, 4) is 0 Å². The fourth-order valence-corrected chi connectivity index (χ4v) is 23.4. The molecule has 0 bridgehead atoms. The van der Waals surface area contributed by atoms with E-state index in [1.54, 1.807) is 72.5 Å². The predicted octanol–water partition coefficient (Wildman–Crippen LogP) is 20.3. The van der Waals surface area contributed by atoms with Crippen LogP contribution < -0.4 is 21.7 Å². The summed E-state index contributed by atoms with van der Waals surface area (Å²) in [6.07, 6.45) is 8.72. The van der Waals surface area contributed by atoms with Gasteiger partial charge in [0.1, 0.15) is 73.0 Å². The van der Waals surface area contributed by atoms with Crippen molar-refractivity contribution in [1.82, 2.24) is 54.9 Å². The van der Waals surface area contributed by atoms with Gasteiger partial charge in [0.15, 0.2) is 15.4 Å². The van der Waals surface area contributed by atoms with Crippen LogP contribution >= 0.6 is 112 Å². The number of carboxylic acids is 1. The number of carbonyl (C=O) groups excluding carboxylic acids is 3. The second-order valence-corrected chi connectivity index (χ2v) is 43.0. The zero-order valence-corrected chi connectivity index (χ0v) is 87.9. The van der Waals surface area contributed by atoms with Crippen LogP contribution in [0, 0.1) is 68.2 Å². The van der Waals surface area contributed by atoms with Crippen LogP contribution in [0.4, 0.5) is 62.2 Å². The summed E-state index contributed by atoms with van der Waals surface area (Å²) in [5.74, 6) is -5.09. The molecular formula is C100H106Br2Cl4F8N14O13S3. The molecule has 11 aromatic rings. The van der Waals surface area contributed by atoms with Crippen LogP contribution in [0.2, 0.25) is 20.1 Å². The quantitative estimate of drug-likeness (QED) is 0.0150. The number of hydrogen-bond donors (Lipinski definition) is 6. The van der Waals surface area contributed by atoms with Crippen LogP contribution in [0.3, 0.4) is 0 Å². The number of hydrogen-bond acceptors (Lipinski definition) is 29. The Bertz CT molecular complexity index is 6350. The highest BCUT2D eigenvalue weighted by Gasteiger charge is 2.59. The van der Waals surface area contributed by atoms with Crippen molar-refractivity contribution in [3.05, 3.63) is 277 Å². The maximum atomic E-state index is 15.1. The molecule has 8 atom stereocenters. The van der Waals surface area contributed by atoms with Gasteiger partial charge in [0, 0.05) is 126 Å². The number of halogens is 14. The van der Waals surface area contributed by atoms with E-state index < -0.39 is 103 Å². The number of nitrogens with two attached hydrogens (primary N) is 1. The Morgan fingerprint density at radius 3 is 1.06 bits per heavy atom. The van der Waals surface area contributed by atoms with E-state index in [4.69, 9.17) is 85.3 Å². The number of methoxy groups -OCH3 is 3. The monoisotopic (exact) mass is 2260 g/mol. The van der Waals surface area contributed by atoms with Crippen LogP contribution in [0.1, 0.15) is 124 Å². The van der Waals surface area contributed by atoms with E-state index in [9.17, 15) is 55.7 Å². The first kappa shape index (κ1) is 111. The Kier molecular flexibility index (Phi) is 36.5. The van der Waals surface area contributed by atoms with E-state index in [-0.39, 0.29) is 144 Å². The maximum absolute atomic E-state index is 15.1. The molecule has 44 heteroatoms. The van der Waals surface area contributed by atoms with Gasteiger partial charge in [0.2, 0.25) is 0 Å². The van der Waals surface area contributed by atoms with Gasteiger partial charge >= 0.3 is 23.9 Å². The van der Waals surface area contributed by atoms with Crippen LogP contribution in [-0.4, -0.2) is 208 Å². The molecule has 8 saturated heterocycles. The van der Waals surface area contributed by atoms with Gasteiger partial charge < -0.3 is 65.1 Å². The predicted molar refractivity (Wildman–Crippen MR) is 538 cm³/mol. The number of esters is 3. The molecule has 15 heterocycles. The van der Waals surface area contributed by atoms with Crippen LogP contribution in [0.5, 0.6) is 0 Å². The first-order chi connectivity index (χ1) is 68.7. The average molecular weight is 2260 g/mol. The molecule has 8 aliphatic rings. The fraction of sp³-hybridized carbons (Fsp3) is 0.430. The Hall–Kier alpha value is -9.15. The number of nitrogens with one attached hydrogen (secondary N) is 3. The zero-order valence-electron chi connectivity index (χ0n) is 79.2. The van der Waals surface area contributed by atoms with E-state index in [1.165, 1.54) is 128 Å². The van der Waals surface area contributed by atoms with Gasteiger partial charge in [-0.3, -0.25) is 33.9 Å². The second-order valence-electron chi connectivity index (χ2n) is 37.1. The summed E-state index contributed by atoms with van der Waals surface area (Å²) in [6.45, 7) is 12.1. The highest BCUT2D eigenvalue weighted by molar-refractivity contribution is 9.10. The minimum absolute atomic E-state index is 0.0258. The van der Waals surface area contributed by atoms with Crippen molar-refractivity contribution < 1.29 is 97.7 Å². The lowest BCUT2D eigenvalue weighted by atomic mass is 9.70. The van der Waals surface area contributed by atoms with Gasteiger partial charge in [-0.25, -0.2) is 70.0 Å². The summed E-state index contributed by atoms with van der Waals surface area (Å²) in [6, 6.07) is 30.6. The Balaban J connectivity index is 0.000000145. The molecule has 0 saturated carbocycles. The number of aliphatic carboxylic acids is 1. The molecule has 0 radical (unpaired) electrons. The van der Waals surface area contributed by atoms with Gasteiger partial charge in [-0.1, -0.05) is 94.9 Å². The van der Waals surface area contributed by atoms with Crippen molar-refractivity contribution in [2.24, 2.45) is 21.7 Å². The summed E-state index contributed by atoms with van der Waals surface area (Å²) >= 11 is 34.5. The minimum atomic E-state index is -1.22. The van der Waals surface area contributed by atoms with Gasteiger partial charge in [-0.05, 0) is 190 Å². The number of anilines is 5. The summed E-state index contributed by atoms with van der Waals surface area (Å²) in [4.78, 5) is 86.7. The lowest BCUT2D eigenvalue weighted by Crippen LogP contribution is -2.65. The normalized spacial score (nSPS) is 23.3. The van der Waals surface area contributed by atoms with E-state index in [0.717, 1.165) is 0 Å². The third-order valence-electron chi connectivity index (χ3n) is 27.9. The van der Waals surface area contributed by atoms with Gasteiger partial charge in [-0.2, -0.15) is 0 Å². The molecule has 8 aliphatic heterocycles. The lowest BCUT2D eigenvalue weighted by molar-refractivity contribution is -0.186. The SMILES string of the molecule is CC1CC(Cc2nc(Nc3nccs3)ccc2F)(C(=O)O)CCN1C1(c2cccc(Cl)c2F)COC1.COC(=O)C1(Cc2nc(Br)ccc2F)CCN(C2(c3cccc(Cl)c3F)COC2)C(C)C1.COC(=O)C1(Cc2nc(Br)ccc2F)CCNC(C)C1.COC(=O)C1(Cc2nc(Nc3nccs3)ccc2F)CCN(C2(c3cccc(Cl)c3F)COC2)C(C)C1.Nc1nccs1.OC1(c2cccc(Cl)c2F)COC1. The summed E-state index contributed by atoms with van der Waals surface area (Å²) in [7, 11) is 4.06. The number of piperidine rings is 4. The molecule has 8 fully saturated rings. The first-order valence-corrected chi connectivity index (χ1v) is 51.7. The number of aliphatic hydroxyl groups is 1.